The fraction of sp³-hybridized carbons (Fsp3) is 0.296. The highest BCUT2D eigenvalue weighted by atomic mass is 32.2. The fourth-order valence-corrected chi connectivity index (χ4v) is 4.68. The van der Waals surface area contributed by atoms with E-state index >= 15 is 0 Å². The number of carbonyl (C=O) groups is 1. The molecule has 220 valence electrons. The van der Waals surface area contributed by atoms with Gasteiger partial charge in [0.2, 0.25) is 15.9 Å². The summed E-state index contributed by atoms with van der Waals surface area (Å²) in [6.45, 7) is 5.07. The Balaban J connectivity index is 1.93. The Morgan fingerprint density at radius 2 is 1.63 bits per heavy atom. The van der Waals surface area contributed by atoms with Crippen LogP contribution >= 0.6 is 0 Å². The molecule has 0 unspecified atom stereocenters. The quantitative estimate of drug-likeness (QED) is 0.207. The maximum absolute atomic E-state index is 12.4. The van der Waals surface area contributed by atoms with Crippen LogP contribution in [0.2, 0.25) is 0 Å². The van der Waals surface area contributed by atoms with Crippen molar-refractivity contribution in [1.82, 2.24) is 19.6 Å². The van der Waals surface area contributed by atoms with E-state index in [9.17, 15) is 13.2 Å². The number of anilines is 6. The van der Waals surface area contributed by atoms with Crippen molar-refractivity contribution in [2.45, 2.75) is 4.90 Å². The van der Waals surface area contributed by atoms with E-state index in [-0.39, 0.29) is 16.6 Å². The van der Waals surface area contributed by atoms with Crippen LogP contribution in [0.3, 0.4) is 0 Å². The van der Waals surface area contributed by atoms with Gasteiger partial charge in [-0.1, -0.05) is 6.58 Å². The van der Waals surface area contributed by atoms with Gasteiger partial charge in [0.1, 0.15) is 34.4 Å². The molecule has 0 atom stereocenters. The summed E-state index contributed by atoms with van der Waals surface area (Å²) in [6.07, 6.45) is 2.56. The zero-order valence-corrected chi connectivity index (χ0v) is 24.8. The number of nitrogens with one attached hydrogen (secondary N) is 4. The number of rotatable bonds is 14. The molecule has 1 aromatic heterocycles. The highest BCUT2D eigenvalue weighted by molar-refractivity contribution is 7.89. The minimum absolute atomic E-state index is 0.0191. The van der Waals surface area contributed by atoms with E-state index in [1.165, 1.54) is 32.6 Å². The van der Waals surface area contributed by atoms with Crippen LogP contribution in [-0.2, 0) is 14.8 Å². The van der Waals surface area contributed by atoms with E-state index in [1.54, 1.807) is 31.4 Å². The molecular weight excluding hydrogens is 548 g/mol. The number of aromatic nitrogens is 2. The summed E-state index contributed by atoms with van der Waals surface area (Å²) >= 11 is 0. The average molecular weight is 585 g/mol. The molecule has 1 amide bonds. The maximum atomic E-state index is 12.4. The molecule has 14 heteroatoms. The van der Waals surface area contributed by atoms with E-state index in [0.29, 0.717) is 41.0 Å². The Hall–Kier alpha value is -4.40. The van der Waals surface area contributed by atoms with Crippen LogP contribution in [0, 0.1) is 0 Å². The van der Waals surface area contributed by atoms with Crippen molar-refractivity contribution < 1.29 is 22.7 Å². The number of nitrogens with zero attached hydrogens (tertiary/aromatic N) is 4. The third-order valence-corrected chi connectivity index (χ3v) is 7.41. The highest BCUT2D eigenvalue weighted by Gasteiger charge is 2.19. The molecule has 0 saturated heterocycles. The standard InChI is InChI=1S/C27H36N8O5S/c1-8-27(36)33-19-14-20(23(40-7)15-21(19)35(5)12-11-34(3)4)32-26-16-25(29-17-30-26)31-18-9-10-22(39-6)24(13-18)41(37,38)28-2/h8-10,13-17,28H,1,11-12H2,2-7H3,(H,33,36)(H2,29,30,31,32). The number of carbonyl (C=O) groups excluding carboxylic acids is 1. The van der Waals surface area contributed by atoms with Gasteiger partial charge in [0.15, 0.2) is 0 Å². The van der Waals surface area contributed by atoms with Gasteiger partial charge in [0.25, 0.3) is 0 Å². The number of benzene rings is 2. The zero-order chi connectivity index (χ0) is 30.2. The van der Waals surface area contributed by atoms with Gasteiger partial charge in [-0.25, -0.2) is 23.1 Å². The lowest BCUT2D eigenvalue weighted by molar-refractivity contribution is -0.111. The van der Waals surface area contributed by atoms with Crippen molar-refractivity contribution in [1.29, 1.82) is 0 Å². The predicted octanol–water partition coefficient (Wildman–Crippen LogP) is 3.01. The zero-order valence-electron chi connectivity index (χ0n) is 24.0. The first kappa shape index (κ1) is 31.1. The van der Waals surface area contributed by atoms with Gasteiger partial charge >= 0.3 is 0 Å². The van der Waals surface area contributed by atoms with Gasteiger partial charge in [0.05, 0.1) is 31.3 Å². The average Bonchev–Trinajstić information content (AvgIpc) is 2.96. The van der Waals surface area contributed by atoms with Crippen molar-refractivity contribution in [3.63, 3.8) is 0 Å². The Morgan fingerprint density at radius 1 is 0.951 bits per heavy atom. The summed E-state index contributed by atoms with van der Waals surface area (Å²) in [6, 6.07) is 9.91. The smallest absolute Gasteiger partial charge is 0.247 e. The van der Waals surface area contributed by atoms with Crippen LogP contribution in [0.15, 0.2) is 60.3 Å². The summed E-state index contributed by atoms with van der Waals surface area (Å²) in [7, 11) is 6.44. The summed E-state index contributed by atoms with van der Waals surface area (Å²) in [4.78, 5) is 24.8. The molecule has 0 aliphatic heterocycles. The van der Waals surface area contributed by atoms with Gasteiger partial charge in [-0.3, -0.25) is 4.79 Å². The number of hydrogen-bond acceptors (Lipinski definition) is 11. The van der Waals surface area contributed by atoms with E-state index in [2.05, 4.69) is 42.1 Å². The Bertz CT molecular complexity index is 1500. The predicted molar refractivity (Wildman–Crippen MR) is 161 cm³/mol. The molecule has 0 saturated carbocycles. The van der Waals surface area contributed by atoms with Crippen molar-refractivity contribution >= 4 is 50.3 Å². The number of ether oxygens (including phenoxy) is 2. The Labute approximate surface area is 240 Å². The molecular formula is C27H36N8O5S. The molecule has 0 radical (unpaired) electrons. The molecule has 0 spiro atoms. The normalized spacial score (nSPS) is 11.1. The first-order chi connectivity index (χ1) is 19.5. The summed E-state index contributed by atoms with van der Waals surface area (Å²) in [5, 5.41) is 9.17. The monoisotopic (exact) mass is 584 g/mol. The lowest BCUT2D eigenvalue weighted by Gasteiger charge is -2.26. The lowest BCUT2D eigenvalue weighted by atomic mass is 10.2. The molecule has 41 heavy (non-hydrogen) atoms. The van der Waals surface area contributed by atoms with Crippen molar-refractivity contribution in [2.75, 3.05) is 76.4 Å². The van der Waals surface area contributed by atoms with Crippen LogP contribution in [0.1, 0.15) is 0 Å². The number of amides is 1. The second-order valence-corrected chi connectivity index (χ2v) is 11.0. The van der Waals surface area contributed by atoms with Crippen LogP contribution in [0.4, 0.5) is 34.4 Å². The minimum atomic E-state index is -3.76. The van der Waals surface area contributed by atoms with Gasteiger partial charge < -0.3 is 35.2 Å². The van der Waals surface area contributed by atoms with Crippen LogP contribution < -0.4 is 35.0 Å². The molecule has 3 rings (SSSR count). The second kappa shape index (κ2) is 13.8. The van der Waals surface area contributed by atoms with Crippen LogP contribution in [0.5, 0.6) is 11.5 Å². The number of hydrogen-bond donors (Lipinski definition) is 4. The number of methoxy groups -OCH3 is 2. The SMILES string of the molecule is C=CC(=O)Nc1cc(Nc2cc(Nc3ccc(OC)c(S(=O)(=O)NC)c3)ncn2)c(OC)cc1N(C)CCN(C)C. The Morgan fingerprint density at radius 3 is 2.24 bits per heavy atom. The number of sulfonamides is 1. The topological polar surface area (TPSA) is 150 Å². The molecule has 1 heterocycles. The van der Waals surface area contributed by atoms with Crippen molar-refractivity contribution in [2.24, 2.45) is 0 Å². The number of likely N-dealkylation sites (N-methyl/N-ethyl adjacent to an activating group) is 2. The van der Waals surface area contributed by atoms with Crippen LogP contribution in [-0.4, -0.2) is 84.7 Å². The van der Waals surface area contributed by atoms with E-state index < -0.39 is 10.0 Å². The van der Waals surface area contributed by atoms with E-state index in [4.69, 9.17) is 9.47 Å². The molecule has 3 aromatic rings. The van der Waals surface area contributed by atoms with Gasteiger partial charge in [-0.05, 0) is 51.5 Å². The molecule has 2 aromatic carbocycles. The van der Waals surface area contributed by atoms with E-state index in [1.807, 2.05) is 32.1 Å². The third kappa shape index (κ3) is 8.06. The van der Waals surface area contributed by atoms with Crippen LogP contribution in [0.25, 0.3) is 0 Å². The molecule has 0 fully saturated rings. The fourth-order valence-electron chi connectivity index (χ4n) is 3.76. The molecule has 0 bridgehead atoms. The minimum Gasteiger partial charge on any atom is -0.495 e. The molecule has 13 nitrogen and oxygen atoms in total. The molecule has 0 aliphatic rings. The van der Waals surface area contributed by atoms with Crippen molar-refractivity contribution in [3.05, 3.63) is 55.4 Å². The summed E-state index contributed by atoms with van der Waals surface area (Å²) < 4.78 is 38.0. The largest absolute Gasteiger partial charge is 0.495 e. The molecule has 0 aliphatic carbocycles. The van der Waals surface area contributed by atoms with Gasteiger partial charge in [0, 0.05) is 38.0 Å². The second-order valence-electron chi connectivity index (χ2n) is 9.10. The van der Waals surface area contributed by atoms with Gasteiger partial charge in [-0.2, -0.15) is 0 Å². The Kier molecular flexibility index (Phi) is 10.5. The molecule has 4 N–H and O–H groups in total. The summed E-state index contributed by atoms with van der Waals surface area (Å²) in [5.41, 5.74) is 2.35. The maximum Gasteiger partial charge on any atom is 0.247 e. The third-order valence-electron chi connectivity index (χ3n) is 5.98. The summed E-state index contributed by atoms with van der Waals surface area (Å²) in [5.74, 6) is 1.21. The highest BCUT2D eigenvalue weighted by Crippen LogP contribution is 2.38. The van der Waals surface area contributed by atoms with E-state index in [0.717, 1.165) is 12.2 Å². The first-order valence-electron chi connectivity index (χ1n) is 12.5. The van der Waals surface area contributed by atoms with Gasteiger partial charge in [-0.15, -0.1) is 0 Å². The van der Waals surface area contributed by atoms with Crippen molar-refractivity contribution in [3.8, 4) is 11.5 Å². The lowest BCUT2D eigenvalue weighted by Crippen LogP contribution is -2.29. The first-order valence-corrected chi connectivity index (χ1v) is 14.0.